The minimum absolute atomic E-state index is 0.0145. The highest BCUT2D eigenvalue weighted by molar-refractivity contribution is 6.31. The number of nitrogens with zero attached hydrogens (tertiary/aromatic N) is 3. The minimum Gasteiger partial charge on any atom is -0.321 e. The molecule has 1 N–H and O–H groups in total. The second kappa shape index (κ2) is 8.12. The highest BCUT2D eigenvalue weighted by Crippen LogP contribution is 2.23. The van der Waals surface area contributed by atoms with Crippen LogP contribution in [0.3, 0.4) is 0 Å². The van der Waals surface area contributed by atoms with E-state index in [1.165, 1.54) is 0 Å². The van der Waals surface area contributed by atoms with Gasteiger partial charge in [-0.25, -0.2) is 4.98 Å². The van der Waals surface area contributed by atoms with Crippen molar-refractivity contribution in [2.45, 2.75) is 20.8 Å². The van der Waals surface area contributed by atoms with E-state index in [1.807, 2.05) is 61.7 Å². The molecular weight excluding hydrogens is 372 g/mol. The number of aryl methyl sites for hydroxylation is 2. The molecule has 5 nitrogen and oxygen atoms in total. The number of hydrogen-bond donors (Lipinski definition) is 1. The summed E-state index contributed by atoms with van der Waals surface area (Å²) in [7, 11) is 0. The van der Waals surface area contributed by atoms with Gasteiger partial charge in [0.1, 0.15) is 17.5 Å². The summed E-state index contributed by atoms with van der Waals surface area (Å²) in [6, 6.07) is 14.8. The highest BCUT2D eigenvalue weighted by atomic mass is 35.5. The first kappa shape index (κ1) is 19.4. The van der Waals surface area contributed by atoms with Crippen molar-refractivity contribution < 1.29 is 4.79 Å². The molecule has 0 unspecified atom stereocenters. The Morgan fingerprint density at radius 3 is 2.68 bits per heavy atom. The van der Waals surface area contributed by atoms with Crippen LogP contribution in [0.4, 0.5) is 5.69 Å². The summed E-state index contributed by atoms with van der Waals surface area (Å²) in [5.74, 6) is 0.310. The third-order valence-electron chi connectivity index (χ3n) is 4.46. The van der Waals surface area contributed by atoms with E-state index in [2.05, 4.69) is 10.3 Å². The molecule has 3 rings (SSSR count). The molecule has 140 valence electrons. The lowest BCUT2D eigenvalue weighted by Gasteiger charge is -2.09. The lowest BCUT2D eigenvalue weighted by molar-refractivity contribution is -0.112. The number of hydrogen-bond acceptors (Lipinski definition) is 3. The van der Waals surface area contributed by atoms with E-state index in [4.69, 9.17) is 11.6 Å². The van der Waals surface area contributed by atoms with E-state index in [0.29, 0.717) is 10.7 Å². The molecular formula is C22H19ClN4O. The fourth-order valence-corrected chi connectivity index (χ4v) is 3.17. The van der Waals surface area contributed by atoms with E-state index in [9.17, 15) is 10.1 Å². The molecule has 0 spiro atoms. The molecule has 6 heteroatoms. The molecule has 0 fully saturated rings. The molecule has 0 radical (unpaired) electrons. The fraction of sp³-hybridized carbons (Fsp3) is 0.136. The Morgan fingerprint density at radius 1 is 1.21 bits per heavy atom. The van der Waals surface area contributed by atoms with Crippen LogP contribution in [0.1, 0.15) is 22.5 Å². The summed E-state index contributed by atoms with van der Waals surface area (Å²) in [4.78, 5) is 17.0. The van der Waals surface area contributed by atoms with Crippen LogP contribution in [0.25, 0.3) is 11.9 Å². The molecule has 3 aromatic rings. The molecule has 28 heavy (non-hydrogen) atoms. The van der Waals surface area contributed by atoms with E-state index >= 15 is 0 Å². The van der Waals surface area contributed by atoms with Gasteiger partial charge in [-0.1, -0.05) is 23.7 Å². The van der Waals surface area contributed by atoms with Gasteiger partial charge in [0.25, 0.3) is 5.91 Å². The van der Waals surface area contributed by atoms with Gasteiger partial charge in [-0.2, -0.15) is 5.26 Å². The van der Waals surface area contributed by atoms with Crippen molar-refractivity contribution in [2.75, 3.05) is 5.32 Å². The Labute approximate surface area is 168 Å². The minimum atomic E-state index is -0.476. The third-order valence-corrected chi connectivity index (χ3v) is 4.70. The number of rotatable bonds is 4. The van der Waals surface area contributed by atoms with Crippen LogP contribution in [0.5, 0.6) is 0 Å². The number of carbonyl (C=O) groups excluding carboxylic acids is 1. The van der Waals surface area contributed by atoms with Crippen molar-refractivity contribution in [3.8, 4) is 11.9 Å². The molecule has 0 atom stereocenters. The number of halogens is 1. The monoisotopic (exact) mass is 390 g/mol. The summed E-state index contributed by atoms with van der Waals surface area (Å²) in [6.45, 7) is 5.75. The van der Waals surface area contributed by atoms with Crippen LogP contribution in [0.15, 0.2) is 54.2 Å². The van der Waals surface area contributed by atoms with Crippen LogP contribution in [0, 0.1) is 32.1 Å². The molecule has 1 aromatic carbocycles. The first-order valence-electron chi connectivity index (χ1n) is 8.70. The van der Waals surface area contributed by atoms with Crippen LogP contribution in [-0.2, 0) is 4.79 Å². The first-order valence-corrected chi connectivity index (χ1v) is 9.08. The summed E-state index contributed by atoms with van der Waals surface area (Å²) in [6.07, 6.45) is 3.32. The van der Waals surface area contributed by atoms with Crippen molar-refractivity contribution in [3.63, 3.8) is 0 Å². The molecule has 0 aliphatic carbocycles. The SMILES string of the molecule is Cc1ccc(Cl)cc1NC(=O)/C(C#N)=C\c1cc(C)n(-c2ccccn2)c1C. The van der Waals surface area contributed by atoms with E-state index in [0.717, 1.165) is 28.3 Å². The lowest BCUT2D eigenvalue weighted by Crippen LogP contribution is -2.14. The van der Waals surface area contributed by atoms with Gasteiger partial charge in [-0.15, -0.1) is 0 Å². The van der Waals surface area contributed by atoms with Crippen LogP contribution in [0.2, 0.25) is 5.02 Å². The van der Waals surface area contributed by atoms with Crippen molar-refractivity contribution >= 4 is 29.3 Å². The normalized spacial score (nSPS) is 11.2. The van der Waals surface area contributed by atoms with Crippen LogP contribution < -0.4 is 5.32 Å². The number of anilines is 1. The second-order valence-electron chi connectivity index (χ2n) is 6.43. The summed E-state index contributed by atoms with van der Waals surface area (Å²) < 4.78 is 1.99. The summed E-state index contributed by atoms with van der Waals surface area (Å²) in [5.41, 5.74) is 4.11. The second-order valence-corrected chi connectivity index (χ2v) is 6.87. The van der Waals surface area contributed by atoms with Gasteiger partial charge in [0.05, 0.1) is 0 Å². The number of benzene rings is 1. The standard InChI is InChI=1S/C22H19ClN4O/c1-14-7-8-19(23)12-20(14)26-22(28)18(13-24)11-17-10-15(2)27(16(17)3)21-6-4-5-9-25-21/h4-12H,1-3H3,(H,26,28)/b18-11-. The predicted molar refractivity (Wildman–Crippen MR) is 111 cm³/mol. The smallest absolute Gasteiger partial charge is 0.266 e. The lowest BCUT2D eigenvalue weighted by atomic mass is 10.1. The summed E-state index contributed by atoms with van der Waals surface area (Å²) >= 11 is 6.00. The predicted octanol–water partition coefficient (Wildman–Crippen LogP) is 5.00. The van der Waals surface area contributed by atoms with Gasteiger partial charge >= 0.3 is 0 Å². The van der Waals surface area contributed by atoms with Gasteiger partial charge in [0.15, 0.2) is 0 Å². The van der Waals surface area contributed by atoms with Crippen LogP contribution >= 0.6 is 11.6 Å². The van der Waals surface area contributed by atoms with Gasteiger partial charge in [-0.3, -0.25) is 4.79 Å². The number of nitrogens with one attached hydrogen (secondary N) is 1. The van der Waals surface area contributed by atoms with Crippen LogP contribution in [-0.4, -0.2) is 15.5 Å². The Hall–Kier alpha value is -3.36. The van der Waals surface area contributed by atoms with Gasteiger partial charge < -0.3 is 9.88 Å². The Balaban J connectivity index is 1.94. The molecule has 2 heterocycles. The molecule has 0 saturated carbocycles. The van der Waals surface area contributed by atoms with E-state index in [1.54, 1.807) is 24.4 Å². The quantitative estimate of drug-likeness (QED) is 0.503. The molecule has 0 saturated heterocycles. The maximum Gasteiger partial charge on any atom is 0.266 e. The number of nitriles is 1. The van der Waals surface area contributed by atoms with Crippen molar-refractivity contribution in [1.82, 2.24) is 9.55 Å². The number of pyridine rings is 1. The maximum atomic E-state index is 12.6. The van der Waals surface area contributed by atoms with Gasteiger partial charge in [0, 0.05) is 28.3 Å². The third kappa shape index (κ3) is 3.98. The molecule has 0 aliphatic rings. The van der Waals surface area contributed by atoms with E-state index in [-0.39, 0.29) is 5.57 Å². The number of aromatic nitrogens is 2. The average molecular weight is 391 g/mol. The highest BCUT2D eigenvalue weighted by Gasteiger charge is 2.15. The largest absolute Gasteiger partial charge is 0.321 e. The maximum absolute atomic E-state index is 12.6. The zero-order chi connectivity index (χ0) is 20.3. The topological polar surface area (TPSA) is 70.7 Å². The Bertz CT molecular complexity index is 1110. The first-order chi connectivity index (χ1) is 13.4. The number of carbonyl (C=O) groups is 1. The molecule has 1 amide bonds. The molecule has 2 aromatic heterocycles. The zero-order valence-electron chi connectivity index (χ0n) is 15.8. The Morgan fingerprint density at radius 2 is 2.00 bits per heavy atom. The zero-order valence-corrected chi connectivity index (χ0v) is 16.6. The average Bonchev–Trinajstić information content (AvgIpc) is 2.96. The van der Waals surface area contributed by atoms with Crippen molar-refractivity contribution in [1.29, 1.82) is 5.26 Å². The molecule has 0 bridgehead atoms. The Kier molecular flexibility index (Phi) is 5.62. The molecule has 0 aliphatic heterocycles. The van der Waals surface area contributed by atoms with E-state index < -0.39 is 5.91 Å². The van der Waals surface area contributed by atoms with Crippen molar-refractivity contribution in [3.05, 3.63) is 81.8 Å². The van der Waals surface area contributed by atoms with Gasteiger partial charge in [0.2, 0.25) is 0 Å². The number of amides is 1. The van der Waals surface area contributed by atoms with Crippen molar-refractivity contribution in [2.24, 2.45) is 0 Å². The van der Waals surface area contributed by atoms with Gasteiger partial charge in [-0.05, 0) is 68.3 Å². The summed E-state index contributed by atoms with van der Waals surface area (Å²) in [5, 5.41) is 12.8. The fourth-order valence-electron chi connectivity index (χ4n) is 2.99.